The van der Waals surface area contributed by atoms with E-state index in [2.05, 4.69) is 21.8 Å². The van der Waals surface area contributed by atoms with Gasteiger partial charge in [0.25, 0.3) is 0 Å². The molecule has 0 aliphatic heterocycles. The molecule has 2 heterocycles. The lowest BCUT2D eigenvalue weighted by atomic mass is 10.3. The van der Waals surface area contributed by atoms with E-state index in [9.17, 15) is 9.59 Å². The van der Waals surface area contributed by atoms with Crippen molar-refractivity contribution in [3.63, 3.8) is 0 Å². The molecule has 25 heavy (non-hydrogen) atoms. The average molecular weight is 374 g/mol. The van der Waals surface area contributed by atoms with Crippen LogP contribution in [0.5, 0.6) is 0 Å². The fraction of sp³-hybridized carbons (Fsp3) is 0.278. The number of aryl methyl sites for hydroxylation is 1. The predicted octanol–water partition coefficient (Wildman–Crippen LogP) is 3.73. The van der Waals surface area contributed by atoms with Crippen LogP contribution in [-0.2, 0) is 17.9 Å². The van der Waals surface area contributed by atoms with Gasteiger partial charge in [-0.3, -0.25) is 9.59 Å². The molecule has 0 bridgehead atoms. The maximum absolute atomic E-state index is 12.4. The molecule has 0 aliphatic rings. The second-order valence-electron chi connectivity index (χ2n) is 5.51. The Hall–Kier alpha value is -2.12. The maximum atomic E-state index is 12.4. The average Bonchev–Trinajstić information content (AvgIpc) is 3.21. The summed E-state index contributed by atoms with van der Waals surface area (Å²) in [5, 5.41) is 3.61. The van der Waals surface area contributed by atoms with Gasteiger partial charge >= 0.3 is 0 Å². The molecule has 2 aromatic heterocycles. The number of imidazole rings is 1. The number of carbonyl (C=O) groups is 2. The van der Waals surface area contributed by atoms with Crippen LogP contribution in [0.1, 0.15) is 28.4 Å². The number of carbonyl (C=O) groups excluding carboxylic acids is 2. The Morgan fingerprint density at radius 1 is 1.24 bits per heavy atom. The standard InChI is InChI=1S/C18H19N3O2S2/c1-3-21-15-7-5-4-6-14(15)20-18(21)24-11-16(23)17-9-8-13(25-17)10-19-12(2)22/h4-9H,3,10-11H2,1-2H3,(H,19,22). The van der Waals surface area contributed by atoms with Gasteiger partial charge < -0.3 is 9.88 Å². The fourth-order valence-electron chi connectivity index (χ4n) is 2.50. The van der Waals surface area contributed by atoms with Gasteiger partial charge in [0, 0.05) is 18.3 Å². The van der Waals surface area contributed by atoms with Crippen LogP contribution in [0.4, 0.5) is 0 Å². The molecule has 0 aliphatic carbocycles. The van der Waals surface area contributed by atoms with Gasteiger partial charge in [-0.25, -0.2) is 4.98 Å². The van der Waals surface area contributed by atoms with Crippen LogP contribution in [0.3, 0.4) is 0 Å². The van der Waals surface area contributed by atoms with Crippen molar-refractivity contribution in [1.82, 2.24) is 14.9 Å². The molecular weight excluding hydrogens is 354 g/mol. The van der Waals surface area contributed by atoms with E-state index in [1.54, 1.807) is 0 Å². The first kappa shape index (κ1) is 17.7. The Bertz CT molecular complexity index is 914. The van der Waals surface area contributed by atoms with Gasteiger partial charge in [0.1, 0.15) is 0 Å². The lowest BCUT2D eigenvalue weighted by molar-refractivity contribution is -0.119. The molecule has 0 unspecified atom stereocenters. The molecule has 0 saturated heterocycles. The summed E-state index contributed by atoms with van der Waals surface area (Å²) in [6, 6.07) is 11.7. The highest BCUT2D eigenvalue weighted by molar-refractivity contribution is 7.99. The Morgan fingerprint density at radius 2 is 2.04 bits per heavy atom. The minimum absolute atomic E-state index is 0.0738. The summed E-state index contributed by atoms with van der Waals surface area (Å²) in [5.41, 5.74) is 2.04. The smallest absolute Gasteiger partial charge is 0.217 e. The Balaban J connectivity index is 1.67. The summed E-state index contributed by atoms with van der Waals surface area (Å²) in [5.74, 6) is 0.359. The molecule has 0 spiro atoms. The van der Waals surface area contributed by atoms with Crippen LogP contribution in [0.2, 0.25) is 0 Å². The third-order valence-electron chi connectivity index (χ3n) is 3.72. The maximum Gasteiger partial charge on any atom is 0.217 e. The summed E-state index contributed by atoms with van der Waals surface area (Å²) in [7, 11) is 0. The zero-order valence-corrected chi connectivity index (χ0v) is 15.7. The molecule has 1 N–H and O–H groups in total. The molecule has 0 fully saturated rings. The fourth-order valence-corrected chi connectivity index (χ4v) is 4.44. The summed E-state index contributed by atoms with van der Waals surface area (Å²) >= 11 is 2.90. The quantitative estimate of drug-likeness (QED) is 0.506. The first-order valence-corrected chi connectivity index (χ1v) is 9.83. The zero-order valence-electron chi connectivity index (χ0n) is 14.1. The highest BCUT2D eigenvalue weighted by atomic mass is 32.2. The number of nitrogens with one attached hydrogen (secondary N) is 1. The van der Waals surface area contributed by atoms with E-state index in [-0.39, 0.29) is 11.7 Å². The van der Waals surface area contributed by atoms with E-state index < -0.39 is 0 Å². The normalized spacial score (nSPS) is 11.0. The second kappa shape index (κ2) is 7.84. The van der Waals surface area contributed by atoms with Crippen LogP contribution < -0.4 is 5.32 Å². The lowest BCUT2D eigenvalue weighted by Crippen LogP contribution is -2.18. The Kier molecular flexibility index (Phi) is 5.55. The number of thioether (sulfide) groups is 1. The van der Waals surface area contributed by atoms with Crippen molar-refractivity contribution in [2.24, 2.45) is 0 Å². The van der Waals surface area contributed by atoms with Gasteiger partial charge in [0.2, 0.25) is 5.91 Å². The minimum Gasteiger partial charge on any atom is -0.351 e. The van der Waals surface area contributed by atoms with Crippen LogP contribution in [0.25, 0.3) is 11.0 Å². The number of aromatic nitrogens is 2. The van der Waals surface area contributed by atoms with E-state index in [0.29, 0.717) is 17.2 Å². The van der Waals surface area contributed by atoms with Crippen LogP contribution >= 0.6 is 23.1 Å². The number of fused-ring (bicyclic) bond motifs is 1. The van der Waals surface area contributed by atoms with Crippen LogP contribution in [-0.4, -0.2) is 27.0 Å². The van der Waals surface area contributed by atoms with Crippen molar-refractivity contribution in [2.75, 3.05) is 5.75 Å². The molecule has 130 valence electrons. The number of amides is 1. The molecule has 1 aromatic carbocycles. The number of hydrogen-bond donors (Lipinski definition) is 1. The van der Waals surface area contributed by atoms with E-state index in [0.717, 1.165) is 27.6 Å². The van der Waals surface area contributed by atoms with E-state index in [1.807, 2.05) is 36.4 Å². The van der Waals surface area contributed by atoms with Gasteiger partial charge in [-0.15, -0.1) is 11.3 Å². The highest BCUT2D eigenvalue weighted by Gasteiger charge is 2.14. The lowest BCUT2D eigenvalue weighted by Gasteiger charge is -2.04. The number of nitrogens with zero attached hydrogens (tertiary/aromatic N) is 2. The molecule has 7 heteroatoms. The van der Waals surface area contributed by atoms with Crippen LogP contribution in [0, 0.1) is 0 Å². The van der Waals surface area contributed by atoms with Crippen molar-refractivity contribution in [2.45, 2.75) is 32.1 Å². The predicted molar refractivity (Wildman–Crippen MR) is 102 cm³/mol. The van der Waals surface area contributed by atoms with Crippen molar-refractivity contribution < 1.29 is 9.59 Å². The Labute approximate surface area is 154 Å². The van der Waals surface area contributed by atoms with Gasteiger partial charge in [0.05, 0.1) is 28.2 Å². The van der Waals surface area contributed by atoms with Crippen molar-refractivity contribution in [1.29, 1.82) is 0 Å². The molecule has 1 amide bonds. The molecule has 3 aromatic rings. The third kappa shape index (κ3) is 4.11. The van der Waals surface area contributed by atoms with Crippen molar-refractivity contribution in [3.05, 3.63) is 46.2 Å². The zero-order chi connectivity index (χ0) is 17.8. The van der Waals surface area contributed by atoms with Gasteiger partial charge in [0.15, 0.2) is 10.9 Å². The summed E-state index contributed by atoms with van der Waals surface area (Å²) in [4.78, 5) is 29.7. The molecule has 0 saturated carbocycles. The number of hydrogen-bond acceptors (Lipinski definition) is 5. The topological polar surface area (TPSA) is 64.0 Å². The van der Waals surface area contributed by atoms with E-state index >= 15 is 0 Å². The number of benzene rings is 1. The molecule has 0 atom stereocenters. The number of thiophene rings is 1. The number of Topliss-reactive ketones (excluding diaryl/α,β-unsaturated/α-hetero) is 1. The number of rotatable bonds is 7. The van der Waals surface area contributed by atoms with Crippen molar-refractivity contribution >= 4 is 45.8 Å². The monoisotopic (exact) mass is 373 g/mol. The first-order chi connectivity index (χ1) is 12.1. The molecule has 5 nitrogen and oxygen atoms in total. The summed E-state index contributed by atoms with van der Waals surface area (Å²) in [6.45, 7) is 4.84. The minimum atomic E-state index is -0.0738. The summed E-state index contributed by atoms with van der Waals surface area (Å²) < 4.78 is 2.13. The number of ketones is 1. The van der Waals surface area contributed by atoms with Gasteiger partial charge in [-0.1, -0.05) is 23.9 Å². The molecule has 0 radical (unpaired) electrons. The van der Waals surface area contributed by atoms with Gasteiger partial charge in [-0.2, -0.15) is 0 Å². The van der Waals surface area contributed by atoms with Crippen molar-refractivity contribution in [3.8, 4) is 0 Å². The second-order valence-corrected chi connectivity index (χ2v) is 7.63. The largest absolute Gasteiger partial charge is 0.351 e. The van der Waals surface area contributed by atoms with Gasteiger partial charge in [-0.05, 0) is 31.2 Å². The van der Waals surface area contributed by atoms with E-state index in [1.165, 1.54) is 30.0 Å². The van der Waals surface area contributed by atoms with Crippen LogP contribution in [0.15, 0.2) is 41.6 Å². The first-order valence-electron chi connectivity index (χ1n) is 8.03. The molecule has 3 rings (SSSR count). The summed E-state index contributed by atoms with van der Waals surface area (Å²) in [6.07, 6.45) is 0. The number of para-hydroxylation sites is 2. The Morgan fingerprint density at radius 3 is 2.80 bits per heavy atom. The highest BCUT2D eigenvalue weighted by Crippen LogP contribution is 2.26. The van der Waals surface area contributed by atoms with E-state index in [4.69, 9.17) is 0 Å². The molecular formula is C18H19N3O2S2. The third-order valence-corrected chi connectivity index (χ3v) is 5.82. The SMILES string of the molecule is CCn1c(SCC(=O)c2ccc(CNC(C)=O)s2)nc2ccccc21.